The van der Waals surface area contributed by atoms with Crippen molar-refractivity contribution in [2.75, 3.05) is 39.6 Å². The molecule has 0 bridgehead atoms. The largest absolute Gasteiger partial charge is 0.472 e. The van der Waals surface area contributed by atoms with E-state index in [4.69, 9.17) is 37.0 Å². The molecule has 0 aromatic rings. The van der Waals surface area contributed by atoms with E-state index in [1.165, 1.54) is 205 Å². The molecule has 3 N–H and O–H groups in total. The van der Waals surface area contributed by atoms with Crippen molar-refractivity contribution in [1.29, 1.82) is 0 Å². The summed E-state index contributed by atoms with van der Waals surface area (Å²) in [5, 5.41) is 10.6. The Morgan fingerprint density at radius 1 is 0.287 bits per heavy atom. The number of rotatable bonds is 75. The van der Waals surface area contributed by atoms with Gasteiger partial charge >= 0.3 is 39.5 Å². The van der Waals surface area contributed by atoms with Crippen molar-refractivity contribution in [1.82, 2.24) is 0 Å². The summed E-state index contributed by atoms with van der Waals surface area (Å²) >= 11 is 0. The lowest BCUT2D eigenvalue weighted by Gasteiger charge is -2.21. The molecule has 0 radical (unpaired) electrons. The number of unbranched alkanes of at least 4 members (excludes halogenated alkanes) is 47. The molecule has 0 aliphatic carbocycles. The van der Waals surface area contributed by atoms with Crippen molar-refractivity contribution < 1.29 is 80.2 Å². The molecule has 94 heavy (non-hydrogen) atoms. The molecule has 0 amide bonds. The summed E-state index contributed by atoms with van der Waals surface area (Å²) in [6, 6.07) is 0. The van der Waals surface area contributed by atoms with Gasteiger partial charge in [0.1, 0.15) is 19.3 Å². The number of aliphatic hydroxyl groups excluding tert-OH is 1. The molecule has 17 nitrogen and oxygen atoms in total. The minimum absolute atomic E-state index is 0.105. The van der Waals surface area contributed by atoms with Gasteiger partial charge < -0.3 is 33.8 Å². The second-order valence-electron chi connectivity index (χ2n) is 27.5. The molecular weight excluding hydrogens is 1230 g/mol. The van der Waals surface area contributed by atoms with Crippen LogP contribution in [0.1, 0.15) is 394 Å². The van der Waals surface area contributed by atoms with Crippen LogP contribution >= 0.6 is 15.6 Å². The smallest absolute Gasteiger partial charge is 0.462 e. The van der Waals surface area contributed by atoms with Gasteiger partial charge in [-0.05, 0) is 31.6 Å². The Morgan fingerprint density at radius 2 is 0.489 bits per heavy atom. The van der Waals surface area contributed by atoms with E-state index in [9.17, 15) is 43.2 Å². The van der Waals surface area contributed by atoms with E-state index >= 15 is 0 Å². The van der Waals surface area contributed by atoms with Crippen LogP contribution in [0.4, 0.5) is 0 Å². The molecule has 0 spiro atoms. The van der Waals surface area contributed by atoms with Crippen LogP contribution in [0.3, 0.4) is 0 Å². The zero-order chi connectivity index (χ0) is 69.1. The van der Waals surface area contributed by atoms with Crippen LogP contribution in [0.2, 0.25) is 0 Å². The summed E-state index contributed by atoms with van der Waals surface area (Å²) in [5.41, 5.74) is 0. The lowest BCUT2D eigenvalue weighted by molar-refractivity contribution is -0.161. The lowest BCUT2D eigenvalue weighted by atomic mass is 10.0. The van der Waals surface area contributed by atoms with Crippen LogP contribution in [0.5, 0.6) is 0 Å². The molecule has 2 unspecified atom stereocenters. The normalized spacial score (nSPS) is 14.0. The Labute approximate surface area is 575 Å². The second-order valence-corrected chi connectivity index (χ2v) is 30.4. The van der Waals surface area contributed by atoms with Crippen molar-refractivity contribution in [2.45, 2.75) is 412 Å². The van der Waals surface area contributed by atoms with Gasteiger partial charge in [0.05, 0.1) is 26.4 Å². The minimum Gasteiger partial charge on any atom is -0.462 e. The average Bonchev–Trinajstić information content (AvgIpc) is 1.17. The Hall–Kier alpha value is -1.94. The first kappa shape index (κ1) is 92.1. The number of ether oxygens (including phenoxy) is 4. The molecule has 558 valence electrons. The van der Waals surface area contributed by atoms with E-state index in [-0.39, 0.29) is 25.7 Å². The Morgan fingerprint density at radius 3 is 0.723 bits per heavy atom. The lowest BCUT2D eigenvalue weighted by Crippen LogP contribution is -2.30. The maximum atomic E-state index is 13.1. The zero-order valence-corrected chi connectivity index (χ0v) is 62.9. The zero-order valence-electron chi connectivity index (χ0n) is 61.1. The summed E-state index contributed by atoms with van der Waals surface area (Å²) < 4.78 is 68.4. The van der Waals surface area contributed by atoms with E-state index in [1.54, 1.807) is 0 Å². The van der Waals surface area contributed by atoms with Crippen LogP contribution in [0.25, 0.3) is 0 Å². The third-order valence-corrected chi connectivity index (χ3v) is 19.4. The van der Waals surface area contributed by atoms with Gasteiger partial charge in [-0.3, -0.25) is 37.3 Å². The maximum absolute atomic E-state index is 13.1. The highest BCUT2D eigenvalue weighted by Gasteiger charge is 2.30. The van der Waals surface area contributed by atoms with E-state index in [0.29, 0.717) is 25.7 Å². The third-order valence-electron chi connectivity index (χ3n) is 17.5. The Balaban J connectivity index is 5.18. The molecule has 0 saturated heterocycles. The highest BCUT2D eigenvalue weighted by Crippen LogP contribution is 2.45. The predicted molar refractivity (Wildman–Crippen MR) is 382 cm³/mol. The molecule has 0 heterocycles. The predicted octanol–water partition coefficient (Wildman–Crippen LogP) is 22.1. The number of carbonyl (C=O) groups excluding carboxylic acids is 4. The highest BCUT2D eigenvalue weighted by atomic mass is 31.2. The van der Waals surface area contributed by atoms with Gasteiger partial charge in [-0.2, -0.15) is 0 Å². The number of phosphoric acid groups is 2. The maximum Gasteiger partial charge on any atom is 0.472 e. The molecule has 19 heteroatoms. The van der Waals surface area contributed by atoms with Gasteiger partial charge in [0.2, 0.25) is 0 Å². The molecule has 0 aliphatic heterocycles. The van der Waals surface area contributed by atoms with Crippen molar-refractivity contribution in [2.24, 2.45) is 5.92 Å². The summed E-state index contributed by atoms with van der Waals surface area (Å²) in [6.07, 6.45) is 57.2. The number of carbonyl (C=O) groups is 4. The van der Waals surface area contributed by atoms with E-state index in [0.717, 1.165) is 109 Å². The first-order valence-electron chi connectivity index (χ1n) is 39.1. The minimum atomic E-state index is -4.96. The van der Waals surface area contributed by atoms with E-state index < -0.39 is 97.5 Å². The summed E-state index contributed by atoms with van der Waals surface area (Å²) in [6.45, 7) is 7.20. The van der Waals surface area contributed by atoms with Crippen molar-refractivity contribution in [3.05, 3.63) is 0 Å². The van der Waals surface area contributed by atoms with Crippen LogP contribution in [0.15, 0.2) is 0 Å². The van der Waals surface area contributed by atoms with E-state index in [2.05, 4.69) is 34.6 Å². The van der Waals surface area contributed by atoms with Gasteiger partial charge in [0.25, 0.3) is 0 Å². The standard InChI is InChI=1S/C75H146O17P2/c1-6-9-12-15-18-20-22-24-26-28-30-32-34-36-38-44-49-54-59-73(78)86-65-71(91-74(79)60-55-50-45-39-37-35-33-31-29-27-25-23-21-19-16-13-10-7-2)67-90-94(83,84)88-63-69(76)62-87-93(81,82)89-66-70(64-85-72(77)58-53-48-42-17-14-11-8-3)92-75(80)61-56-51-46-41-40-43-47-52-57-68(4)5/h68-71,76H,6-67H2,1-5H3,(H,81,82)(H,83,84)/t69-,70+,71+/m0/s1. The Bertz CT molecular complexity index is 1810. The number of hydrogen-bond acceptors (Lipinski definition) is 15. The fourth-order valence-corrected chi connectivity index (χ4v) is 13.1. The van der Waals surface area contributed by atoms with Crippen LogP contribution < -0.4 is 0 Å². The van der Waals surface area contributed by atoms with Crippen LogP contribution in [-0.4, -0.2) is 96.7 Å². The van der Waals surface area contributed by atoms with E-state index in [1.807, 2.05) is 0 Å². The highest BCUT2D eigenvalue weighted by molar-refractivity contribution is 7.47. The molecule has 0 aromatic carbocycles. The molecule has 0 saturated carbocycles. The molecule has 0 fully saturated rings. The molecular formula is C75H146O17P2. The second kappa shape index (κ2) is 68.2. The monoisotopic (exact) mass is 1380 g/mol. The molecule has 0 aromatic heterocycles. The van der Waals surface area contributed by atoms with Gasteiger partial charge in [0, 0.05) is 25.7 Å². The van der Waals surface area contributed by atoms with Gasteiger partial charge in [-0.1, -0.05) is 343 Å². The first-order valence-corrected chi connectivity index (χ1v) is 42.1. The summed E-state index contributed by atoms with van der Waals surface area (Å²) in [4.78, 5) is 72.6. The number of phosphoric ester groups is 2. The number of hydrogen-bond donors (Lipinski definition) is 3. The quantitative estimate of drug-likeness (QED) is 0.0222. The first-order chi connectivity index (χ1) is 45.5. The molecule has 0 rings (SSSR count). The summed E-state index contributed by atoms with van der Waals surface area (Å²) in [7, 11) is -9.90. The van der Waals surface area contributed by atoms with Crippen molar-refractivity contribution in [3.8, 4) is 0 Å². The van der Waals surface area contributed by atoms with Gasteiger partial charge in [-0.25, -0.2) is 9.13 Å². The molecule has 0 aliphatic rings. The van der Waals surface area contributed by atoms with Gasteiger partial charge in [0.15, 0.2) is 12.2 Å². The van der Waals surface area contributed by atoms with Crippen molar-refractivity contribution >= 4 is 39.5 Å². The van der Waals surface area contributed by atoms with Gasteiger partial charge in [-0.15, -0.1) is 0 Å². The topological polar surface area (TPSA) is 237 Å². The SMILES string of the molecule is CCCCCCCCCCCCCCCCCCCCC(=O)OC[C@H](COP(=O)(O)OC[C@@H](O)COP(=O)(O)OC[C@@H](COC(=O)CCCCCCCCC)OC(=O)CCCCCCCCCCC(C)C)OC(=O)CCCCCCCCCCCCCCCCCCCC. The number of aliphatic hydroxyl groups is 1. The fraction of sp³-hybridized carbons (Fsp3) is 0.947. The molecule has 5 atom stereocenters. The number of esters is 4. The van der Waals surface area contributed by atoms with Crippen LogP contribution in [0, 0.1) is 5.92 Å². The Kier molecular flexibility index (Phi) is 66.8. The fourth-order valence-electron chi connectivity index (χ4n) is 11.5. The third kappa shape index (κ3) is 68.6. The average molecular weight is 1380 g/mol. The van der Waals surface area contributed by atoms with Crippen LogP contribution in [-0.2, 0) is 65.4 Å². The summed E-state index contributed by atoms with van der Waals surface area (Å²) in [5.74, 6) is -1.40. The van der Waals surface area contributed by atoms with Crippen molar-refractivity contribution in [3.63, 3.8) is 0 Å².